The zero-order chi connectivity index (χ0) is 15.5. The van der Waals surface area contributed by atoms with Gasteiger partial charge in [-0.05, 0) is 36.5 Å². The molecule has 0 saturated carbocycles. The molecule has 2 aromatic rings. The molecule has 5 nitrogen and oxygen atoms in total. The molecular formula is C16H22N4OS. The van der Waals surface area contributed by atoms with Crippen LogP contribution in [0.3, 0.4) is 0 Å². The van der Waals surface area contributed by atoms with Crippen molar-refractivity contribution in [3.63, 3.8) is 0 Å². The van der Waals surface area contributed by atoms with E-state index < -0.39 is 0 Å². The van der Waals surface area contributed by atoms with E-state index in [1.807, 2.05) is 25.5 Å². The highest BCUT2D eigenvalue weighted by Gasteiger charge is 2.31. The minimum absolute atomic E-state index is 0.0864. The molecule has 3 rings (SSSR count). The van der Waals surface area contributed by atoms with Crippen molar-refractivity contribution in [2.45, 2.75) is 38.5 Å². The Morgan fingerprint density at radius 1 is 1.45 bits per heavy atom. The molecule has 0 bridgehead atoms. The largest absolute Gasteiger partial charge is 0.392 e. The lowest BCUT2D eigenvalue weighted by molar-refractivity contribution is 0.260. The summed E-state index contributed by atoms with van der Waals surface area (Å²) in [6.07, 6.45) is 6.73. The van der Waals surface area contributed by atoms with Crippen molar-refractivity contribution in [2.75, 3.05) is 18.9 Å². The fourth-order valence-electron chi connectivity index (χ4n) is 3.19. The van der Waals surface area contributed by atoms with Crippen LogP contribution >= 0.6 is 11.3 Å². The Labute approximate surface area is 135 Å². The van der Waals surface area contributed by atoms with E-state index in [9.17, 15) is 5.11 Å². The molecule has 0 radical (unpaired) electrons. The molecular weight excluding hydrogens is 296 g/mol. The molecule has 2 atom stereocenters. The van der Waals surface area contributed by atoms with Crippen LogP contribution in [0.4, 0.5) is 5.13 Å². The second-order valence-corrected chi connectivity index (χ2v) is 6.94. The first-order chi connectivity index (χ1) is 10.7. The van der Waals surface area contributed by atoms with E-state index in [1.165, 1.54) is 10.4 Å². The first-order valence-corrected chi connectivity index (χ1v) is 8.43. The van der Waals surface area contributed by atoms with Crippen molar-refractivity contribution < 1.29 is 5.11 Å². The fourth-order valence-corrected chi connectivity index (χ4v) is 3.98. The minimum Gasteiger partial charge on any atom is -0.392 e. The number of thiazole rings is 1. The Kier molecular flexibility index (Phi) is 4.71. The zero-order valence-electron chi connectivity index (χ0n) is 13.0. The van der Waals surface area contributed by atoms with Gasteiger partial charge in [-0.1, -0.05) is 0 Å². The van der Waals surface area contributed by atoms with Gasteiger partial charge in [0.05, 0.1) is 6.61 Å². The summed E-state index contributed by atoms with van der Waals surface area (Å²) >= 11 is 1.71. The normalized spacial score (nSPS) is 22.1. The van der Waals surface area contributed by atoms with Crippen molar-refractivity contribution in [3.8, 4) is 0 Å². The van der Waals surface area contributed by atoms with Gasteiger partial charge in [0, 0.05) is 49.6 Å². The van der Waals surface area contributed by atoms with E-state index in [0.717, 1.165) is 30.2 Å². The molecule has 0 aromatic carbocycles. The molecule has 6 heteroatoms. The SMILES string of the molecule is CNc1ncc(CN2CC(c3cnccc3CO)CC2C)s1. The van der Waals surface area contributed by atoms with Gasteiger partial charge in [-0.25, -0.2) is 4.98 Å². The Hall–Kier alpha value is -1.50. The van der Waals surface area contributed by atoms with Gasteiger partial charge in [0.15, 0.2) is 5.13 Å². The van der Waals surface area contributed by atoms with Crippen LogP contribution in [0.25, 0.3) is 0 Å². The van der Waals surface area contributed by atoms with E-state index in [4.69, 9.17) is 0 Å². The lowest BCUT2D eigenvalue weighted by Crippen LogP contribution is -2.26. The zero-order valence-corrected chi connectivity index (χ0v) is 13.8. The van der Waals surface area contributed by atoms with Gasteiger partial charge in [-0.15, -0.1) is 11.3 Å². The molecule has 3 heterocycles. The molecule has 0 aliphatic carbocycles. The van der Waals surface area contributed by atoms with Crippen molar-refractivity contribution >= 4 is 16.5 Å². The smallest absolute Gasteiger partial charge is 0.182 e. The van der Waals surface area contributed by atoms with E-state index in [-0.39, 0.29) is 6.61 Å². The van der Waals surface area contributed by atoms with Gasteiger partial charge in [-0.2, -0.15) is 0 Å². The molecule has 1 saturated heterocycles. The highest BCUT2D eigenvalue weighted by atomic mass is 32.1. The minimum atomic E-state index is 0.0864. The molecule has 0 amide bonds. The maximum atomic E-state index is 9.52. The second kappa shape index (κ2) is 6.73. The summed E-state index contributed by atoms with van der Waals surface area (Å²) in [4.78, 5) is 12.4. The van der Waals surface area contributed by atoms with Crippen LogP contribution in [-0.2, 0) is 13.2 Å². The fraction of sp³-hybridized carbons (Fsp3) is 0.500. The first-order valence-electron chi connectivity index (χ1n) is 7.61. The first kappa shape index (κ1) is 15.4. The van der Waals surface area contributed by atoms with Gasteiger partial charge < -0.3 is 10.4 Å². The second-order valence-electron chi connectivity index (χ2n) is 5.83. The van der Waals surface area contributed by atoms with Crippen molar-refractivity contribution in [1.29, 1.82) is 0 Å². The van der Waals surface area contributed by atoms with Crippen LogP contribution in [0, 0.1) is 0 Å². The molecule has 1 fully saturated rings. The van der Waals surface area contributed by atoms with E-state index >= 15 is 0 Å². The Bertz CT molecular complexity index is 630. The quantitative estimate of drug-likeness (QED) is 0.887. The van der Waals surface area contributed by atoms with Crippen molar-refractivity contribution in [2.24, 2.45) is 0 Å². The van der Waals surface area contributed by atoms with Crippen LogP contribution in [0.15, 0.2) is 24.7 Å². The molecule has 2 aromatic heterocycles. The number of rotatable bonds is 5. The number of aliphatic hydroxyl groups excluding tert-OH is 1. The van der Waals surface area contributed by atoms with Gasteiger partial charge >= 0.3 is 0 Å². The van der Waals surface area contributed by atoms with Gasteiger partial charge in [0.1, 0.15) is 0 Å². The summed E-state index contributed by atoms with van der Waals surface area (Å²) in [6.45, 7) is 4.30. The Balaban J connectivity index is 1.71. The van der Waals surface area contributed by atoms with Crippen LogP contribution in [0.1, 0.15) is 35.3 Å². The number of hydrogen-bond acceptors (Lipinski definition) is 6. The molecule has 0 spiro atoms. The van der Waals surface area contributed by atoms with E-state index in [2.05, 4.69) is 27.1 Å². The van der Waals surface area contributed by atoms with Crippen LogP contribution in [0.5, 0.6) is 0 Å². The molecule has 2 N–H and O–H groups in total. The van der Waals surface area contributed by atoms with Crippen LogP contribution < -0.4 is 5.32 Å². The monoisotopic (exact) mass is 318 g/mol. The number of likely N-dealkylation sites (tertiary alicyclic amines) is 1. The number of anilines is 1. The number of nitrogens with one attached hydrogen (secondary N) is 1. The molecule has 22 heavy (non-hydrogen) atoms. The number of hydrogen-bond donors (Lipinski definition) is 2. The number of aromatic nitrogens is 2. The summed E-state index contributed by atoms with van der Waals surface area (Å²) in [5.41, 5.74) is 2.20. The molecule has 2 unspecified atom stereocenters. The maximum Gasteiger partial charge on any atom is 0.182 e. The summed E-state index contributed by atoms with van der Waals surface area (Å²) in [6, 6.07) is 2.45. The molecule has 1 aliphatic heterocycles. The summed E-state index contributed by atoms with van der Waals surface area (Å²) in [7, 11) is 1.90. The molecule has 118 valence electrons. The standard InChI is InChI=1S/C16H22N4OS/c1-11-5-13(15-7-18-4-3-12(15)10-21)8-20(11)9-14-6-19-16(17-2)22-14/h3-4,6-7,11,13,21H,5,8-10H2,1-2H3,(H,17,19). The topological polar surface area (TPSA) is 61.3 Å². The highest BCUT2D eigenvalue weighted by molar-refractivity contribution is 7.15. The predicted molar refractivity (Wildman–Crippen MR) is 89.1 cm³/mol. The third-order valence-corrected chi connectivity index (χ3v) is 5.39. The Morgan fingerprint density at radius 3 is 3.05 bits per heavy atom. The summed E-state index contributed by atoms with van der Waals surface area (Å²) in [5.74, 6) is 0.447. The summed E-state index contributed by atoms with van der Waals surface area (Å²) < 4.78 is 0. The van der Waals surface area contributed by atoms with E-state index in [0.29, 0.717) is 12.0 Å². The average Bonchev–Trinajstić information content (AvgIpc) is 3.15. The number of aliphatic hydroxyl groups is 1. The number of nitrogens with zero attached hydrogens (tertiary/aromatic N) is 3. The predicted octanol–water partition coefficient (Wildman–Crippen LogP) is 2.45. The third kappa shape index (κ3) is 3.14. The van der Waals surface area contributed by atoms with Crippen LogP contribution in [0.2, 0.25) is 0 Å². The van der Waals surface area contributed by atoms with Crippen LogP contribution in [-0.4, -0.2) is 39.6 Å². The average molecular weight is 318 g/mol. The summed E-state index contributed by atoms with van der Waals surface area (Å²) in [5, 5.41) is 13.6. The van der Waals surface area contributed by atoms with Gasteiger partial charge in [0.2, 0.25) is 0 Å². The lowest BCUT2D eigenvalue weighted by Gasteiger charge is -2.19. The number of pyridine rings is 1. The molecule has 1 aliphatic rings. The lowest BCUT2D eigenvalue weighted by atomic mass is 9.94. The third-order valence-electron chi connectivity index (χ3n) is 4.39. The van der Waals surface area contributed by atoms with Gasteiger partial charge in [-0.3, -0.25) is 9.88 Å². The Morgan fingerprint density at radius 2 is 2.32 bits per heavy atom. The van der Waals surface area contributed by atoms with Crippen molar-refractivity contribution in [3.05, 3.63) is 40.7 Å². The maximum absolute atomic E-state index is 9.52. The van der Waals surface area contributed by atoms with Gasteiger partial charge in [0.25, 0.3) is 0 Å². The highest BCUT2D eigenvalue weighted by Crippen LogP contribution is 2.34. The van der Waals surface area contributed by atoms with E-state index in [1.54, 1.807) is 17.5 Å². The van der Waals surface area contributed by atoms with Crippen molar-refractivity contribution in [1.82, 2.24) is 14.9 Å².